The molecule has 1 aromatic rings. The van der Waals surface area contributed by atoms with E-state index in [1.54, 1.807) is 6.92 Å². The Balaban J connectivity index is 1.79. The molecular formula is C15H20N2O3S. The zero-order valence-electron chi connectivity index (χ0n) is 12.3. The molecule has 0 radical (unpaired) electrons. The third-order valence-electron chi connectivity index (χ3n) is 3.96. The molecule has 5 nitrogen and oxygen atoms in total. The number of carboxylic acids is 1. The Labute approximate surface area is 128 Å². The largest absolute Gasteiger partial charge is 0.478 e. The van der Waals surface area contributed by atoms with E-state index in [0.717, 1.165) is 37.3 Å². The molecule has 6 heteroatoms. The number of hydrogen-bond acceptors (Lipinski definition) is 5. The number of thioether (sulfide) groups is 1. The molecule has 3 rings (SSSR count). The van der Waals surface area contributed by atoms with E-state index in [9.17, 15) is 9.90 Å². The predicted octanol–water partition coefficient (Wildman–Crippen LogP) is 3.02. The summed E-state index contributed by atoms with van der Waals surface area (Å²) < 4.78 is 5.79. The van der Waals surface area contributed by atoms with Crippen molar-refractivity contribution in [2.75, 3.05) is 5.75 Å². The lowest BCUT2D eigenvalue weighted by atomic mass is 10.2. The van der Waals surface area contributed by atoms with Gasteiger partial charge in [-0.25, -0.2) is 14.8 Å². The molecule has 2 aliphatic rings. The van der Waals surface area contributed by atoms with Crippen LogP contribution in [0.4, 0.5) is 0 Å². The molecule has 2 heterocycles. The van der Waals surface area contributed by atoms with Crippen LogP contribution < -0.4 is 0 Å². The van der Waals surface area contributed by atoms with Crippen LogP contribution >= 0.6 is 11.8 Å². The van der Waals surface area contributed by atoms with Crippen LogP contribution in [0.25, 0.3) is 0 Å². The van der Waals surface area contributed by atoms with Gasteiger partial charge in [0.05, 0.1) is 17.9 Å². The zero-order valence-corrected chi connectivity index (χ0v) is 13.2. The Kier molecular flexibility index (Phi) is 4.17. The Morgan fingerprint density at radius 3 is 2.67 bits per heavy atom. The molecule has 2 atom stereocenters. The smallest absolute Gasteiger partial charge is 0.340 e. The second-order valence-corrected chi connectivity index (χ2v) is 6.89. The molecule has 1 saturated heterocycles. The molecule has 0 aromatic carbocycles. The Bertz CT molecular complexity index is 560. The van der Waals surface area contributed by atoms with Crippen molar-refractivity contribution in [3.05, 3.63) is 17.1 Å². The van der Waals surface area contributed by atoms with Gasteiger partial charge in [-0.15, -0.1) is 11.8 Å². The minimum absolute atomic E-state index is 0.200. The average molecular weight is 308 g/mol. The predicted molar refractivity (Wildman–Crippen MR) is 80.0 cm³/mol. The molecule has 1 aromatic heterocycles. The summed E-state index contributed by atoms with van der Waals surface area (Å²) in [5.74, 6) is 1.04. The quantitative estimate of drug-likeness (QED) is 0.666. The molecule has 1 saturated carbocycles. The molecule has 1 aliphatic heterocycles. The van der Waals surface area contributed by atoms with E-state index >= 15 is 0 Å². The lowest BCUT2D eigenvalue weighted by Gasteiger charge is -2.13. The summed E-state index contributed by atoms with van der Waals surface area (Å²) in [5.41, 5.74) is 0.818. The topological polar surface area (TPSA) is 72.3 Å². The zero-order chi connectivity index (χ0) is 15.0. The fourth-order valence-electron chi connectivity index (χ4n) is 2.62. The lowest BCUT2D eigenvalue weighted by Crippen LogP contribution is -2.13. The van der Waals surface area contributed by atoms with E-state index in [2.05, 4.69) is 16.9 Å². The van der Waals surface area contributed by atoms with Crippen molar-refractivity contribution in [1.29, 1.82) is 0 Å². The van der Waals surface area contributed by atoms with Crippen LogP contribution in [0.15, 0.2) is 5.03 Å². The molecular weight excluding hydrogens is 288 g/mol. The first-order valence-corrected chi connectivity index (χ1v) is 8.43. The number of nitrogens with zero attached hydrogens (tertiary/aromatic N) is 2. The van der Waals surface area contributed by atoms with Gasteiger partial charge in [-0.3, -0.25) is 0 Å². The summed E-state index contributed by atoms with van der Waals surface area (Å²) in [6.07, 6.45) is 4.84. The standard InChI is InChI=1S/C15H20N2O3S/c1-8-3-6-11(20-8)7-21-14-12(15(18)19)9(2)16-13(17-14)10-4-5-10/h8,10-11H,3-7H2,1-2H3,(H,18,19). The second kappa shape index (κ2) is 5.93. The summed E-state index contributed by atoms with van der Waals surface area (Å²) in [6.45, 7) is 3.84. The van der Waals surface area contributed by atoms with Crippen molar-refractivity contribution in [3.8, 4) is 0 Å². The number of carboxylic acid groups (broad SMARTS) is 1. The highest BCUT2D eigenvalue weighted by atomic mass is 32.2. The monoisotopic (exact) mass is 308 g/mol. The highest BCUT2D eigenvalue weighted by Crippen LogP contribution is 2.39. The number of aromatic nitrogens is 2. The first kappa shape index (κ1) is 14.8. The van der Waals surface area contributed by atoms with Gasteiger partial charge in [-0.2, -0.15) is 0 Å². The SMILES string of the molecule is Cc1nc(C2CC2)nc(SCC2CCC(C)O2)c1C(=O)O. The Morgan fingerprint density at radius 2 is 2.10 bits per heavy atom. The van der Waals surface area contributed by atoms with Gasteiger partial charge in [-0.05, 0) is 39.5 Å². The highest BCUT2D eigenvalue weighted by Gasteiger charge is 2.30. The van der Waals surface area contributed by atoms with Gasteiger partial charge in [0.15, 0.2) is 0 Å². The molecule has 2 fully saturated rings. The van der Waals surface area contributed by atoms with E-state index < -0.39 is 5.97 Å². The summed E-state index contributed by atoms with van der Waals surface area (Å²) in [5, 5.41) is 10.00. The van der Waals surface area contributed by atoms with Crippen LogP contribution in [-0.2, 0) is 4.74 Å². The molecule has 1 N–H and O–H groups in total. The maximum Gasteiger partial charge on any atom is 0.340 e. The van der Waals surface area contributed by atoms with Crippen molar-refractivity contribution < 1.29 is 14.6 Å². The number of carbonyl (C=O) groups is 1. The third-order valence-corrected chi connectivity index (χ3v) is 5.06. The fraction of sp³-hybridized carbons (Fsp3) is 0.667. The van der Waals surface area contributed by atoms with Gasteiger partial charge in [0, 0.05) is 11.7 Å². The van der Waals surface area contributed by atoms with Gasteiger partial charge in [0.2, 0.25) is 0 Å². The molecule has 0 bridgehead atoms. The molecule has 21 heavy (non-hydrogen) atoms. The minimum atomic E-state index is -0.946. The number of ether oxygens (including phenoxy) is 1. The van der Waals surface area contributed by atoms with E-state index in [1.165, 1.54) is 11.8 Å². The summed E-state index contributed by atoms with van der Waals surface area (Å²) >= 11 is 1.49. The van der Waals surface area contributed by atoms with Crippen LogP contribution in [0.1, 0.15) is 60.4 Å². The minimum Gasteiger partial charge on any atom is -0.478 e. The molecule has 1 aliphatic carbocycles. The van der Waals surface area contributed by atoms with E-state index in [1.807, 2.05) is 0 Å². The van der Waals surface area contributed by atoms with Crippen molar-refractivity contribution in [3.63, 3.8) is 0 Å². The van der Waals surface area contributed by atoms with Crippen LogP contribution in [0, 0.1) is 6.92 Å². The van der Waals surface area contributed by atoms with Crippen LogP contribution in [-0.4, -0.2) is 39.0 Å². The maximum absolute atomic E-state index is 11.5. The summed E-state index contributed by atoms with van der Waals surface area (Å²) in [4.78, 5) is 20.3. The van der Waals surface area contributed by atoms with Crippen LogP contribution in [0.5, 0.6) is 0 Å². The molecule has 0 spiro atoms. The Hall–Kier alpha value is -1.14. The van der Waals surface area contributed by atoms with Gasteiger partial charge >= 0.3 is 5.97 Å². The number of aryl methyl sites for hydroxylation is 1. The van der Waals surface area contributed by atoms with E-state index in [-0.39, 0.29) is 11.7 Å². The van der Waals surface area contributed by atoms with E-state index in [4.69, 9.17) is 4.74 Å². The van der Waals surface area contributed by atoms with Gasteiger partial charge in [0.1, 0.15) is 16.4 Å². The Morgan fingerprint density at radius 1 is 1.33 bits per heavy atom. The van der Waals surface area contributed by atoms with Crippen LogP contribution in [0.2, 0.25) is 0 Å². The van der Waals surface area contributed by atoms with Gasteiger partial charge in [-0.1, -0.05) is 0 Å². The molecule has 114 valence electrons. The van der Waals surface area contributed by atoms with E-state index in [0.29, 0.717) is 22.7 Å². The van der Waals surface area contributed by atoms with Gasteiger partial charge < -0.3 is 9.84 Å². The van der Waals surface area contributed by atoms with Crippen LogP contribution in [0.3, 0.4) is 0 Å². The summed E-state index contributed by atoms with van der Waals surface area (Å²) in [6, 6.07) is 0. The number of hydrogen-bond donors (Lipinski definition) is 1. The normalized spacial score (nSPS) is 25.2. The highest BCUT2D eigenvalue weighted by molar-refractivity contribution is 7.99. The van der Waals surface area contributed by atoms with Gasteiger partial charge in [0.25, 0.3) is 0 Å². The average Bonchev–Trinajstić information content (AvgIpc) is 3.18. The first-order chi connectivity index (χ1) is 10.0. The maximum atomic E-state index is 11.5. The van der Waals surface area contributed by atoms with Crippen molar-refractivity contribution in [2.24, 2.45) is 0 Å². The molecule has 0 amide bonds. The summed E-state index contributed by atoms with van der Waals surface area (Å²) in [7, 11) is 0. The third kappa shape index (κ3) is 3.37. The fourth-order valence-corrected chi connectivity index (χ4v) is 3.75. The van der Waals surface area contributed by atoms with Crippen molar-refractivity contribution >= 4 is 17.7 Å². The number of rotatable bonds is 5. The second-order valence-electron chi connectivity index (χ2n) is 5.88. The van der Waals surface area contributed by atoms with Crippen molar-refractivity contribution in [1.82, 2.24) is 9.97 Å². The first-order valence-electron chi connectivity index (χ1n) is 7.44. The lowest BCUT2D eigenvalue weighted by molar-refractivity contribution is 0.0683. The van der Waals surface area contributed by atoms with Crippen molar-refractivity contribution in [2.45, 2.75) is 62.7 Å². The molecule has 2 unspecified atom stereocenters. The number of aromatic carboxylic acids is 1.